The number of hydrogen-bond donors (Lipinski definition) is 3. The number of carbonyl (C=O) groups is 4. The number of benzene rings is 2. The Bertz CT molecular complexity index is 1300. The van der Waals surface area contributed by atoms with Crippen LogP contribution < -0.4 is 49.9 Å². The van der Waals surface area contributed by atoms with Gasteiger partial charge in [-0.1, -0.05) is 31.7 Å². The Morgan fingerprint density at radius 1 is 0.773 bits per heavy atom. The maximum atomic E-state index is 13.7. The summed E-state index contributed by atoms with van der Waals surface area (Å²) in [5, 5.41) is 9.21. The summed E-state index contributed by atoms with van der Waals surface area (Å²) in [6, 6.07) is 10.3. The second-order valence-corrected chi connectivity index (χ2v) is 13.2. The van der Waals surface area contributed by atoms with E-state index in [9.17, 15) is 19.2 Å². The van der Waals surface area contributed by atoms with E-state index in [1.807, 2.05) is 20.4 Å². The van der Waals surface area contributed by atoms with Gasteiger partial charge in [0.25, 0.3) is 5.91 Å². The Labute approximate surface area is 288 Å². The lowest BCUT2D eigenvalue weighted by Gasteiger charge is -2.29. The number of quaternary nitrogens is 2. The minimum atomic E-state index is -0.272. The predicted octanol–water partition coefficient (Wildman–Crippen LogP) is -2.11. The molecule has 0 unspecified atom stereocenters. The summed E-state index contributed by atoms with van der Waals surface area (Å²) >= 11 is 1.70. The average Bonchev–Trinajstić information content (AvgIpc) is 2.89. The highest BCUT2D eigenvalue weighted by atomic mass is 79.9. The molecule has 9 nitrogen and oxygen atoms in total. The lowest BCUT2D eigenvalue weighted by molar-refractivity contribution is -0.882. The molecule has 0 atom stereocenters. The van der Waals surface area contributed by atoms with Gasteiger partial charge in [0.1, 0.15) is 0 Å². The van der Waals surface area contributed by atoms with Crippen LogP contribution in [0.3, 0.4) is 0 Å². The monoisotopic (exact) mass is 757 g/mol. The molecule has 0 saturated heterocycles. The first-order valence-corrected chi connectivity index (χ1v) is 15.5. The van der Waals surface area contributed by atoms with Crippen molar-refractivity contribution in [3.63, 3.8) is 0 Å². The summed E-state index contributed by atoms with van der Waals surface area (Å²) in [6.45, 7) is 3.20. The van der Waals surface area contributed by atoms with E-state index in [0.29, 0.717) is 65.0 Å². The molecule has 2 aromatic carbocycles. The van der Waals surface area contributed by atoms with Crippen molar-refractivity contribution < 1.29 is 62.1 Å². The number of rotatable bonds is 15. The maximum absolute atomic E-state index is 13.7. The van der Waals surface area contributed by atoms with Gasteiger partial charge < -0.3 is 58.9 Å². The van der Waals surface area contributed by atoms with E-state index in [-0.39, 0.29) is 70.3 Å². The van der Waals surface area contributed by atoms with Crippen molar-refractivity contribution in [2.45, 2.75) is 26.7 Å². The molecule has 3 N–H and O–H groups in total. The molecule has 0 saturated carbocycles. The first kappa shape index (κ1) is 41.8. The average molecular weight is 760 g/mol. The number of anilines is 2. The lowest BCUT2D eigenvalue weighted by atomic mass is 9.82. The molecule has 0 heterocycles. The lowest BCUT2D eigenvalue weighted by Crippen LogP contribution is -3.00. The summed E-state index contributed by atoms with van der Waals surface area (Å²) in [7, 11) is 10.3. The Hall–Kier alpha value is -2.25. The molecule has 44 heavy (non-hydrogen) atoms. The van der Waals surface area contributed by atoms with E-state index in [0.717, 1.165) is 29.7 Å². The summed E-state index contributed by atoms with van der Waals surface area (Å²) in [5.74, 6) is 0.225. The van der Waals surface area contributed by atoms with Gasteiger partial charge in [0.2, 0.25) is 5.91 Å². The molecular weight excluding hydrogens is 710 g/mol. The number of thioether (sulfide) groups is 1. The van der Waals surface area contributed by atoms with Crippen LogP contribution in [0, 0.1) is 0 Å². The van der Waals surface area contributed by atoms with Gasteiger partial charge in [-0.2, -0.15) is 11.8 Å². The third-order valence-corrected chi connectivity index (χ3v) is 7.65. The first-order chi connectivity index (χ1) is 19.3. The molecule has 0 spiro atoms. The van der Waals surface area contributed by atoms with E-state index in [2.05, 4.69) is 37.1 Å². The number of amides is 2. The third kappa shape index (κ3) is 11.9. The second-order valence-electron chi connectivity index (χ2n) is 12.2. The van der Waals surface area contributed by atoms with Gasteiger partial charge in [0, 0.05) is 54.9 Å². The highest BCUT2D eigenvalue weighted by Crippen LogP contribution is 2.36. The minimum absolute atomic E-state index is 0. The number of nitrogens with zero attached hydrogens (tertiary/aromatic N) is 2. The Balaban J connectivity index is 0.00000616. The van der Waals surface area contributed by atoms with Crippen LogP contribution in [0.4, 0.5) is 11.4 Å². The Morgan fingerprint density at radius 3 is 1.91 bits per heavy atom. The van der Waals surface area contributed by atoms with Crippen molar-refractivity contribution >= 4 is 46.5 Å². The predicted molar refractivity (Wildman–Crippen MR) is 174 cm³/mol. The highest BCUT2D eigenvalue weighted by Gasteiger charge is 2.34. The van der Waals surface area contributed by atoms with Crippen molar-refractivity contribution in [2.24, 2.45) is 0 Å². The molecule has 0 radical (unpaired) electrons. The number of likely N-dealkylation sites (N-methyl/N-ethyl adjacent to an activating group) is 1. The zero-order chi connectivity index (χ0) is 30.2. The smallest absolute Gasteiger partial charge is 0.275 e. The SMILES string of the molecule is C.CSCCNC(=O)C[N+](C)(C)CCCNc1ccc(NC(=O)CCC[N+](C)(C)C)c2c1C(=O)c1ccccc1C2=O.[Br-].[Br-]. The second kappa shape index (κ2) is 18.7. The molecule has 12 heteroatoms. The zero-order valence-electron chi connectivity index (χ0n) is 26.0. The fraction of sp³-hybridized carbons (Fsp3) is 0.500. The van der Waals surface area contributed by atoms with E-state index in [4.69, 9.17) is 0 Å². The summed E-state index contributed by atoms with van der Waals surface area (Å²) in [4.78, 5) is 52.4. The van der Waals surface area contributed by atoms with Gasteiger partial charge in [-0.05, 0) is 18.4 Å². The molecular formula is C32H49Br2N5O4S. The van der Waals surface area contributed by atoms with Crippen molar-refractivity contribution in [3.05, 3.63) is 58.7 Å². The van der Waals surface area contributed by atoms with Crippen LogP contribution >= 0.6 is 11.8 Å². The van der Waals surface area contributed by atoms with E-state index >= 15 is 0 Å². The van der Waals surface area contributed by atoms with Gasteiger partial charge in [-0.15, -0.1) is 0 Å². The van der Waals surface area contributed by atoms with Gasteiger partial charge in [-0.25, -0.2) is 0 Å². The third-order valence-electron chi connectivity index (χ3n) is 7.04. The topological polar surface area (TPSA) is 104 Å². The van der Waals surface area contributed by atoms with Crippen molar-refractivity contribution in [2.75, 3.05) is 90.6 Å². The zero-order valence-corrected chi connectivity index (χ0v) is 30.0. The molecule has 0 aromatic heterocycles. The summed E-state index contributed by atoms with van der Waals surface area (Å²) < 4.78 is 1.29. The van der Waals surface area contributed by atoms with Gasteiger partial charge in [0.05, 0.1) is 65.1 Å². The first-order valence-electron chi connectivity index (χ1n) is 14.1. The van der Waals surface area contributed by atoms with Crippen LogP contribution in [0.1, 0.15) is 58.5 Å². The molecule has 1 aliphatic rings. The van der Waals surface area contributed by atoms with Crippen molar-refractivity contribution in [1.29, 1.82) is 0 Å². The van der Waals surface area contributed by atoms with E-state index < -0.39 is 0 Å². The van der Waals surface area contributed by atoms with E-state index in [1.165, 1.54) is 0 Å². The quantitative estimate of drug-likeness (QED) is 0.121. The Morgan fingerprint density at radius 2 is 1.34 bits per heavy atom. The fourth-order valence-corrected chi connectivity index (χ4v) is 5.25. The highest BCUT2D eigenvalue weighted by molar-refractivity contribution is 7.98. The molecule has 1 aliphatic carbocycles. The maximum Gasteiger partial charge on any atom is 0.275 e. The number of halogens is 2. The molecule has 3 rings (SSSR count). The fourth-order valence-electron chi connectivity index (χ4n) is 4.95. The number of hydrogen-bond acceptors (Lipinski definition) is 6. The van der Waals surface area contributed by atoms with Gasteiger partial charge >= 0.3 is 0 Å². The molecule has 0 aliphatic heterocycles. The number of fused-ring (bicyclic) bond motifs is 2. The van der Waals surface area contributed by atoms with Crippen LogP contribution in [0.2, 0.25) is 0 Å². The largest absolute Gasteiger partial charge is 1.00 e. The van der Waals surface area contributed by atoms with Crippen LogP contribution in [-0.4, -0.2) is 112 Å². The summed E-state index contributed by atoms with van der Waals surface area (Å²) in [6.07, 6.45) is 3.80. The molecule has 2 amide bonds. The molecule has 2 aromatic rings. The molecule has 246 valence electrons. The normalized spacial score (nSPS) is 12.0. The summed E-state index contributed by atoms with van der Waals surface area (Å²) in [5.41, 5.74) is 2.16. The minimum Gasteiger partial charge on any atom is -1.00 e. The van der Waals surface area contributed by atoms with Crippen LogP contribution in [0.5, 0.6) is 0 Å². The number of carbonyl (C=O) groups excluding carboxylic acids is 4. The van der Waals surface area contributed by atoms with Gasteiger partial charge in [-0.3, -0.25) is 19.2 Å². The van der Waals surface area contributed by atoms with Gasteiger partial charge in [0.15, 0.2) is 18.1 Å². The molecule has 0 bridgehead atoms. The van der Waals surface area contributed by atoms with Crippen molar-refractivity contribution in [3.8, 4) is 0 Å². The molecule has 0 fully saturated rings. The van der Waals surface area contributed by atoms with Crippen LogP contribution in [0.25, 0.3) is 0 Å². The number of ketones is 2. The van der Waals surface area contributed by atoms with Crippen molar-refractivity contribution in [1.82, 2.24) is 5.32 Å². The Kier molecular flexibility index (Phi) is 17.7. The standard InChI is InChI=1S/C31H43N5O4S.CH4.2BrH/c1-35(2,3)18-9-13-26(37)34-25-15-14-24(28-29(25)31(40)23-12-8-7-11-22(23)30(28)39)32-16-10-19-36(4,5)21-27(38)33-17-20-41-6;;;/h7-8,11-12,14-15H,9-10,13,16-21H2,1-6H3,(H-2,32,33,34,37,38,39,40);1H4;2*1H. The number of nitrogens with one attached hydrogen (secondary N) is 3. The van der Waals surface area contributed by atoms with E-state index in [1.54, 1.807) is 48.2 Å². The van der Waals surface area contributed by atoms with Crippen LogP contribution in [0.15, 0.2) is 36.4 Å². The van der Waals surface area contributed by atoms with Crippen LogP contribution in [-0.2, 0) is 9.59 Å².